The molecule has 5 nitrogen and oxygen atoms in total. The summed E-state index contributed by atoms with van der Waals surface area (Å²) in [5.41, 5.74) is 7.25. The van der Waals surface area contributed by atoms with E-state index in [0.29, 0.717) is 23.7 Å². The van der Waals surface area contributed by atoms with E-state index in [1.54, 1.807) is 19.1 Å². The Kier molecular flexibility index (Phi) is 6.58. The standard InChI is InChI=1S/C22H21ClFNO2.CH3NO/c1-3-21(26)25-13-22(6-7-22)27-12-20(25)17-9-16(10-18(23)11-17)15-4-5-19(24)14(2)8-15;2-1-3/h3-5,8-11,20H,1,6-7,12-13H2,2H3;1H,(H2,2,3). The lowest BCUT2D eigenvalue weighted by Crippen LogP contribution is -2.48. The maximum Gasteiger partial charge on any atom is 0.246 e. The largest absolute Gasteiger partial charge is 0.372 e. The number of morpholine rings is 1. The van der Waals surface area contributed by atoms with Gasteiger partial charge in [-0.05, 0) is 78.4 Å². The van der Waals surface area contributed by atoms with Gasteiger partial charge in [-0.3, -0.25) is 9.59 Å². The zero-order valence-electron chi connectivity index (χ0n) is 16.7. The zero-order valence-corrected chi connectivity index (χ0v) is 17.5. The van der Waals surface area contributed by atoms with Crippen molar-refractivity contribution in [2.75, 3.05) is 13.2 Å². The summed E-state index contributed by atoms with van der Waals surface area (Å²) in [5, 5.41) is 0.571. The number of carbonyl (C=O) groups is 2. The summed E-state index contributed by atoms with van der Waals surface area (Å²) in [4.78, 5) is 22.9. The summed E-state index contributed by atoms with van der Waals surface area (Å²) < 4.78 is 19.7. The number of hydrogen-bond acceptors (Lipinski definition) is 3. The van der Waals surface area contributed by atoms with Gasteiger partial charge in [0.25, 0.3) is 0 Å². The molecule has 4 rings (SSSR count). The summed E-state index contributed by atoms with van der Waals surface area (Å²) >= 11 is 6.38. The average Bonchev–Trinajstić information content (AvgIpc) is 3.48. The molecule has 1 heterocycles. The first-order chi connectivity index (χ1) is 14.3. The van der Waals surface area contributed by atoms with Crippen LogP contribution in [0.15, 0.2) is 49.1 Å². The number of nitrogens with zero attached hydrogens (tertiary/aromatic N) is 1. The van der Waals surface area contributed by atoms with Gasteiger partial charge in [-0.1, -0.05) is 24.2 Å². The normalized spacial score (nSPS) is 18.9. The Balaban J connectivity index is 0.000000806. The van der Waals surface area contributed by atoms with Crippen molar-refractivity contribution in [3.05, 3.63) is 71.0 Å². The number of amides is 2. The summed E-state index contributed by atoms with van der Waals surface area (Å²) in [6, 6.07) is 10.5. The molecule has 1 saturated carbocycles. The Morgan fingerprint density at radius 3 is 2.60 bits per heavy atom. The number of hydrogen-bond donors (Lipinski definition) is 1. The maximum atomic E-state index is 13.6. The third-order valence-electron chi connectivity index (χ3n) is 5.44. The van der Waals surface area contributed by atoms with Crippen molar-refractivity contribution < 1.29 is 18.7 Å². The number of primary amides is 1. The van der Waals surface area contributed by atoms with Crippen LogP contribution in [0.2, 0.25) is 5.02 Å². The first-order valence-corrected chi connectivity index (χ1v) is 9.99. The molecule has 1 saturated heterocycles. The number of carbonyl (C=O) groups excluding carboxylic acids is 2. The minimum absolute atomic E-state index is 0.103. The maximum absolute atomic E-state index is 13.6. The van der Waals surface area contributed by atoms with Gasteiger partial charge in [-0.15, -0.1) is 0 Å². The lowest BCUT2D eigenvalue weighted by atomic mass is 9.96. The van der Waals surface area contributed by atoms with Gasteiger partial charge in [-0.2, -0.15) is 0 Å². The molecule has 2 aromatic carbocycles. The molecule has 0 bridgehead atoms. The number of ether oxygens (including phenoxy) is 1. The summed E-state index contributed by atoms with van der Waals surface area (Å²) in [6.45, 7) is 6.38. The Hall–Kier alpha value is -2.70. The van der Waals surface area contributed by atoms with Crippen LogP contribution >= 0.6 is 11.6 Å². The van der Waals surface area contributed by atoms with Gasteiger partial charge in [0.2, 0.25) is 12.3 Å². The van der Waals surface area contributed by atoms with E-state index in [-0.39, 0.29) is 29.8 Å². The van der Waals surface area contributed by atoms with Crippen molar-refractivity contribution in [2.45, 2.75) is 31.4 Å². The predicted molar refractivity (Wildman–Crippen MR) is 114 cm³/mol. The minimum atomic E-state index is -0.237. The van der Waals surface area contributed by atoms with E-state index < -0.39 is 0 Å². The Morgan fingerprint density at radius 2 is 2.00 bits per heavy atom. The smallest absolute Gasteiger partial charge is 0.246 e. The molecule has 2 fully saturated rings. The Morgan fingerprint density at radius 1 is 1.30 bits per heavy atom. The van der Waals surface area contributed by atoms with Gasteiger partial charge in [0.15, 0.2) is 0 Å². The van der Waals surface area contributed by atoms with E-state index in [1.165, 1.54) is 12.1 Å². The molecule has 0 aromatic heterocycles. The average molecular weight is 431 g/mol. The third kappa shape index (κ3) is 4.71. The first kappa shape index (κ1) is 22.0. The fraction of sp³-hybridized carbons (Fsp3) is 0.304. The van der Waals surface area contributed by atoms with Crippen molar-refractivity contribution in [3.8, 4) is 11.1 Å². The van der Waals surface area contributed by atoms with Crippen molar-refractivity contribution in [3.63, 3.8) is 0 Å². The molecule has 1 spiro atoms. The lowest BCUT2D eigenvalue weighted by Gasteiger charge is -2.40. The first-order valence-electron chi connectivity index (χ1n) is 9.62. The molecule has 1 atom stereocenters. The molecule has 2 aliphatic rings. The Labute approximate surface area is 180 Å². The van der Waals surface area contributed by atoms with E-state index in [1.807, 2.05) is 23.1 Å². The molecular formula is C23H24ClFN2O3. The van der Waals surface area contributed by atoms with Crippen LogP contribution in [0.4, 0.5) is 4.39 Å². The molecule has 1 aliphatic heterocycles. The summed E-state index contributed by atoms with van der Waals surface area (Å²) in [5.74, 6) is -0.340. The zero-order chi connectivity index (χ0) is 21.9. The van der Waals surface area contributed by atoms with Gasteiger partial charge < -0.3 is 15.4 Å². The van der Waals surface area contributed by atoms with Crippen LogP contribution < -0.4 is 5.73 Å². The SMILES string of the molecule is C=CC(=O)N1CC2(CC2)OCC1c1cc(Cl)cc(-c2ccc(F)c(C)c2)c1.NC=O. The summed E-state index contributed by atoms with van der Waals surface area (Å²) in [6.07, 6.45) is 3.57. The van der Waals surface area contributed by atoms with Gasteiger partial charge in [0.05, 0.1) is 24.8 Å². The predicted octanol–water partition coefficient (Wildman–Crippen LogP) is 4.17. The fourth-order valence-corrected chi connectivity index (χ4v) is 3.92. The molecular weight excluding hydrogens is 407 g/mol. The molecule has 1 unspecified atom stereocenters. The minimum Gasteiger partial charge on any atom is -0.372 e. The van der Waals surface area contributed by atoms with Crippen LogP contribution in [0.25, 0.3) is 11.1 Å². The van der Waals surface area contributed by atoms with Crippen LogP contribution in [-0.4, -0.2) is 36.0 Å². The number of halogens is 2. The molecule has 1 aliphatic carbocycles. The highest BCUT2D eigenvalue weighted by Crippen LogP contribution is 2.46. The molecule has 7 heteroatoms. The lowest BCUT2D eigenvalue weighted by molar-refractivity contribution is -0.143. The number of rotatable bonds is 3. The van der Waals surface area contributed by atoms with E-state index in [2.05, 4.69) is 12.3 Å². The van der Waals surface area contributed by atoms with Crippen LogP contribution in [0.3, 0.4) is 0 Å². The van der Waals surface area contributed by atoms with E-state index in [0.717, 1.165) is 29.5 Å². The topological polar surface area (TPSA) is 72.6 Å². The molecule has 2 amide bonds. The second kappa shape index (κ2) is 8.98. The van der Waals surface area contributed by atoms with E-state index in [4.69, 9.17) is 21.1 Å². The number of aryl methyl sites for hydroxylation is 1. The van der Waals surface area contributed by atoms with Crippen molar-refractivity contribution in [1.82, 2.24) is 4.90 Å². The third-order valence-corrected chi connectivity index (χ3v) is 5.66. The highest BCUT2D eigenvalue weighted by Gasteiger charge is 2.50. The molecule has 0 radical (unpaired) electrons. The monoisotopic (exact) mass is 430 g/mol. The van der Waals surface area contributed by atoms with Crippen LogP contribution in [-0.2, 0) is 14.3 Å². The molecule has 158 valence electrons. The van der Waals surface area contributed by atoms with Crippen molar-refractivity contribution in [2.24, 2.45) is 5.73 Å². The van der Waals surface area contributed by atoms with Crippen molar-refractivity contribution >= 4 is 23.9 Å². The van der Waals surface area contributed by atoms with Gasteiger partial charge in [-0.25, -0.2) is 4.39 Å². The van der Waals surface area contributed by atoms with Crippen molar-refractivity contribution in [1.29, 1.82) is 0 Å². The van der Waals surface area contributed by atoms with Gasteiger partial charge >= 0.3 is 0 Å². The van der Waals surface area contributed by atoms with Crippen LogP contribution in [0.1, 0.15) is 30.0 Å². The molecule has 30 heavy (non-hydrogen) atoms. The van der Waals surface area contributed by atoms with Crippen LogP contribution in [0.5, 0.6) is 0 Å². The number of nitrogens with two attached hydrogens (primary N) is 1. The van der Waals surface area contributed by atoms with E-state index >= 15 is 0 Å². The molecule has 2 N–H and O–H groups in total. The molecule has 2 aromatic rings. The fourth-order valence-electron chi connectivity index (χ4n) is 3.67. The van der Waals surface area contributed by atoms with E-state index in [9.17, 15) is 9.18 Å². The second-order valence-corrected chi connectivity index (χ2v) is 7.99. The Bertz CT molecular complexity index is 975. The van der Waals surface area contributed by atoms with Gasteiger partial charge in [0, 0.05) is 5.02 Å². The second-order valence-electron chi connectivity index (χ2n) is 7.55. The number of benzene rings is 2. The summed E-state index contributed by atoms with van der Waals surface area (Å²) in [7, 11) is 0. The quantitative estimate of drug-likeness (QED) is 0.586. The highest BCUT2D eigenvalue weighted by molar-refractivity contribution is 6.31. The van der Waals surface area contributed by atoms with Crippen LogP contribution in [0, 0.1) is 12.7 Å². The highest BCUT2D eigenvalue weighted by atomic mass is 35.5. The van der Waals surface area contributed by atoms with Gasteiger partial charge in [0.1, 0.15) is 5.82 Å².